The maximum atomic E-state index is 13.5. The highest BCUT2D eigenvalue weighted by Gasteiger charge is 2.25. The second kappa shape index (κ2) is 6.33. The molecule has 0 aromatic heterocycles. The number of rotatable bonds is 3. The lowest BCUT2D eigenvalue weighted by atomic mass is 9.85. The smallest absolute Gasteiger partial charge is 0.123 e. The van der Waals surface area contributed by atoms with Gasteiger partial charge in [-0.3, -0.25) is 0 Å². The second-order valence-electron chi connectivity index (χ2n) is 5.41. The van der Waals surface area contributed by atoms with Crippen LogP contribution < -0.4 is 5.32 Å². The number of hydrogen-bond acceptors (Lipinski definition) is 1. The first kappa shape index (κ1) is 13.5. The fourth-order valence-electron chi connectivity index (χ4n) is 3.20. The summed E-state index contributed by atoms with van der Waals surface area (Å²) in [5.41, 5.74) is 2.44. The largest absolute Gasteiger partial charge is 0.314 e. The molecule has 1 N–H and O–H groups in total. The van der Waals surface area contributed by atoms with Crippen molar-refractivity contribution < 1.29 is 4.39 Å². The van der Waals surface area contributed by atoms with E-state index in [-0.39, 0.29) is 5.82 Å². The van der Waals surface area contributed by atoms with Gasteiger partial charge in [-0.2, -0.15) is 0 Å². The Morgan fingerprint density at radius 1 is 1.22 bits per heavy atom. The lowest BCUT2D eigenvalue weighted by Crippen LogP contribution is -2.34. The van der Waals surface area contributed by atoms with Gasteiger partial charge in [0, 0.05) is 6.04 Å². The molecule has 1 aromatic carbocycles. The second-order valence-corrected chi connectivity index (χ2v) is 5.41. The molecule has 1 saturated carbocycles. The topological polar surface area (TPSA) is 12.0 Å². The van der Waals surface area contributed by atoms with Crippen LogP contribution in [0.1, 0.15) is 56.1 Å². The highest BCUT2D eigenvalue weighted by molar-refractivity contribution is 5.31. The van der Waals surface area contributed by atoms with Crippen molar-refractivity contribution in [3.63, 3.8) is 0 Å². The molecular formula is C16H24FN. The van der Waals surface area contributed by atoms with Gasteiger partial charge in [0.1, 0.15) is 5.82 Å². The fourth-order valence-corrected chi connectivity index (χ4v) is 3.20. The molecule has 1 nitrogen and oxygen atoms in total. The predicted molar refractivity (Wildman–Crippen MR) is 74.4 cm³/mol. The van der Waals surface area contributed by atoms with Crippen LogP contribution in [0.2, 0.25) is 0 Å². The van der Waals surface area contributed by atoms with Crippen molar-refractivity contribution in [3.8, 4) is 0 Å². The molecule has 2 rings (SSSR count). The quantitative estimate of drug-likeness (QED) is 0.793. The van der Waals surface area contributed by atoms with Gasteiger partial charge in [-0.25, -0.2) is 4.39 Å². The van der Waals surface area contributed by atoms with E-state index in [9.17, 15) is 4.39 Å². The number of nitrogens with one attached hydrogen (secondary N) is 1. The standard InChI is InChI=1S/C16H24FN/c1-3-18-16-8-6-4-5-7-14(16)15-11-13(17)10-9-12(15)2/h9-11,14,16,18H,3-8H2,1-2H3. The monoisotopic (exact) mass is 249 g/mol. The number of likely N-dealkylation sites (N-methyl/N-ethyl adjacent to an activating group) is 1. The van der Waals surface area contributed by atoms with Crippen molar-refractivity contribution in [2.75, 3.05) is 6.54 Å². The van der Waals surface area contributed by atoms with Gasteiger partial charge in [-0.05, 0) is 55.5 Å². The summed E-state index contributed by atoms with van der Waals surface area (Å²) >= 11 is 0. The molecule has 0 aliphatic heterocycles. The molecule has 0 radical (unpaired) electrons. The molecule has 18 heavy (non-hydrogen) atoms. The van der Waals surface area contributed by atoms with E-state index in [0.717, 1.165) is 6.54 Å². The van der Waals surface area contributed by atoms with Crippen molar-refractivity contribution in [1.29, 1.82) is 0 Å². The summed E-state index contributed by atoms with van der Waals surface area (Å²) in [4.78, 5) is 0. The highest BCUT2D eigenvalue weighted by Crippen LogP contribution is 2.34. The van der Waals surface area contributed by atoms with E-state index in [4.69, 9.17) is 0 Å². The normalized spacial score (nSPS) is 24.8. The number of aryl methyl sites for hydroxylation is 1. The summed E-state index contributed by atoms with van der Waals surface area (Å²) in [5, 5.41) is 3.60. The Morgan fingerprint density at radius 3 is 2.78 bits per heavy atom. The first-order valence-electron chi connectivity index (χ1n) is 7.21. The van der Waals surface area contributed by atoms with E-state index in [1.54, 1.807) is 12.1 Å². The van der Waals surface area contributed by atoms with E-state index in [1.807, 2.05) is 6.07 Å². The van der Waals surface area contributed by atoms with Crippen molar-refractivity contribution in [2.24, 2.45) is 0 Å². The molecule has 2 heteroatoms. The Morgan fingerprint density at radius 2 is 2.00 bits per heavy atom. The van der Waals surface area contributed by atoms with Gasteiger partial charge in [0.15, 0.2) is 0 Å². The van der Waals surface area contributed by atoms with E-state index in [0.29, 0.717) is 12.0 Å². The third kappa shape index (κ3) is 3.11. The predicted octanol–water partition coefficient (Wildman–Crippen LogP) is 4.16. The van der Waals surface area contributed by atoms with Gasteiger partial charge >= 0.3 is 0 Å². The molecule has 1 fully saturated rings. The first-order valence-corrected chi connectivity index (χ1v) is 7.21. The molecule has 100 valence electrons. The minimum atomic E-state index is -0.102. The van der Waals surface area contributed by atoms with Crippen LogP contribution in [0, 0.1) is 12.7 Å². The average molecular weight is 249 g/mol. The highest BCUT2D eigenvalue weighted by atomic mass is 19.1. The third-order valence-corrected chi connectivity index (χ3v) is 4.12. The summed E-state index contributed by atoms with van der Waals surface area (Å²) in [7, 11) is 0. The molecule has 2 unspecified atom stereocenters. The summed E-state index contributed by atoms with van der Waals surface area (Å²) in [6.07, 6.45) is 6.27. The lowest BCUT2D eigenvalue weighted by Gasteiger charge is -2.27. The SMILES string of the molecule is CCNC1CCCCCC1c1cc(F)ccc1C. The number of halogens is 1. The maximum Gasteiger partial charge on any atom is 0.123 e. The maximum absolute atomic E-state index is 13.5. The summed E-state index contributed by atoms with van der Waals surface area (Å²) < 4.78 is 13.5. The molecular weight excluding hydrogens is 225 g/mol. The van der Waals surface area contributed by atoms with E-state index in [1.165, 1.54) is 43.2 Å². The van der Waals surface area contributed by atoms with Gasteiger partial charge in [0.2, 0.25) is 0 Å². The first-order chi connectivity index (χ1) is 8.72. The van der Waals surface area contributed by atoms with E-state index < -0.39 is 0 Å². The van der Waals surface area contributed by atoms with Crippen LogP contribution >= 0.6 is 0 Å². The Kier molecular flexibility index (Phi) is 4.76. The molecule has 0 spiro atoms. The van der Waals surface area contributed by atoms with Gasteiger partial charge in [-0.15, -0.1) is 0 Å². The van der Waals surface area contributed by atoms with Crippen LogP contribution in [-0.4, -0.2) is 12.6 Å². The zero-order chi connectivity index (χ0) is 13.0. The zero-order valence-electron chi connectivity index (χ0n) is 11.5. The minimum absolute atomic E-state index is 0.102. The molecule has 1 aliphatic rings. The van der Waals surface area contributed by atoms with Crippen molar-refractivity contribution in [3.05, 3.63) is 35.1 Å². The fraction of sp³-hybridized carbons (Fsp3) is 0.625. The lowest BCUT2D eigenvalue weighted by molar-refractivity contribution is 0.417. The molecule has 2 atom stereocenters. The van der Waals surface area contributed by atoms with Gasteiger partial charge in [-0.1, -0.05) is 32.3 Å². The Balaban J connectivity index is 2.28. The van der Waals surface area contributed by atoms with Crippen LogP contribution in [0.5, 0.6) is 0 Å². The Bertz CT molecular complexity index is 389. The zero-order valence-corrected chi connectivity index (χ0v) is 11.5. The summed E-state index contributed by atoms with van der Waals surface area (Å²) in [5.74, 6) is 0.373. The Labute approximate surface area is 110 Å². The van der Waals surface area contributed by atoms with Gasteiger partial charge in [0.05, 0.1) is 0 Å². The minimum Gasteiger partial charge on any atom is -0.314 e. The van der Waals surface area contributed by atoms with Crippen LogP contribution in [0.3, 0.4) is 0 Å². The van der Waals surface area contributed by atoms with E-state index in [2.05, 4.69) is 19.2 Å². The third-order valence-electron chi connectivity index (χ3n) is 4.12. The molecule has 1 aliphatic carbocycles. The molecule has 0 heterocycles. The summed E-state index contributed by atoms with van der Waals surface area (Å²) in [6, 6.07) is 5.74. The molecule has 0 saturated heterocycles. The van der Waals surface area contributed by atoms with Gasteiger partial charge < -0.3 is 5.32 Å². The van der Waals surface area contributed by atoms with Crippen LogP contribution in [-0.2, 0) is 0 Å². The summed E-state index contributed by atoms with van der Waals surface area (Å²) in [6.45, 7) is 5.25. The van der Waals surface area contributed by atoms with Crippen LogP contribution in [0.4, 0.5) is 4.39 Å². The van der Waals surface area contributed by atoms with Crippen molar-refractivity contribution >= 4 is 0 Å². The van der Waals surface area contributed by atoms with Crippen LogP contribution in [0.25, 0.3) is 0 Å². The average Bonchev–Trinajstić information content (AvgIpc) is 2.58. The van der Waals surface area contributed by atoms with Crippen LogP contribution in [0.15, 0.2) is 18.2 Å². The molecule has 0 amide bonds. The number of benzene rings is 1. The van der Waals surface area contributed by atoms with Crippen molar-refractivity contribution in [1.82, 2.24) is 5.32 Å². The molecule has 1 aromatic rings. The molecule has 0 bridgehead atoms. The van der Waals surface area contributed by atoms with E-state index >= 15 is 0 Å². The van der Waals surface area contributed by atoms with Crippen molar-refractivity contribution in [2.45, 2.75) is 57.9 Å². The van der Waals surface area contributed by atoms with Gasteiger partial charge in [0.25, 0.3) is 0 Å². The Hall–Kier alpha value is -0.890. The number of hydrogen-bond donors (Lipinski definition) is 1.